The van der Waals surface area contributed by atoms with Crippen molar-refractivity contribution in [3.8, 4) is 0 Å². The van der Waals surface area contributed by atoms with Crippen LogP contribution < -0.4 is 10.6 Å². The number of carbonyl (C=O) groups is 1. The zero-order chi connectivity index (χ0) is 16.8. The smallest absolute Gasteiger partial charge is 0.269 e. The number of aryl methyl sites for hydroxylation is 1. The van der Waals surface area contributed by atoms with Crippen molar-refractivity contribution in [3.63, 3.8) is 0 Å². The fraction of sp³-hybridized carbons (Fsp3) is 0.308. The predicted octanol–water partition coefficient (Wildman–Crippen LogP) is 2.91. The Morgan fingerprint density at radius 1 is 1.39 bits per heavy atom. The average molecular weight is 373 g/mol. The summed E-state index contributed by atoms with van der Waals surface area (Å²) in [6.07, 6.45) is 1.98. The first kappa shape index (κ1) is 17.6. The molecule has 0 saturated heterocycles. The van der Waals surface area contributed by atoms with E-state index in [-0.39, 0.29) is 21.6 Å². The van der Waals surface area contributed by atoms with Gasteiger partial charge in [0, 0.05) is 5.02 Å². The number of rotatable bonds is 5. The second kappa shape index (κ2) is 8.19. The Hall–Kier alpha value is -1.77. The molecule has 0 bridgehead atoms. The molecule has 23 heavy (non-hydrogen) atoms. The summed E-state index contributed by atoms with van der Waals surface area (Å²) in [5.74, 6) is -0.267. The molecule has 2 N–H and O–H groups in total. The van der Waals surface area contributed by atoms with Crippen LogP contribution in [0.1, 0.15) is 30.1 Å². The van der Waals surface area contributed by atoms with E-state index < -0.39 is 5.91 Å². The van der Waals surface area contributed by atoms with Gasteiger partial charge in [0.15, 0.2) is 5.11 Å². The highest BCUT2D eigenvalue weighted by Gasteiger charge is 2.13. The molecule has 1 amide bonds. The fourth-order valence-corrected chi connectivity index (χ4v) is 2.22. The molecule has 0 saturated carbocycles. The molecule has 0 aliphatic carbocycles. The van der Waals surface area contributed by atoms with Crippen molar-refractivity contribution in [2.75, 3.05) is 5.32 Å². The van der Waals surface area contributed by atoms with Crippen LogP contribution in [-0.2, 0) is 6.54 Å². The Kier molecular flexibility index (Phi) is 6.26. The Bertz CT molecular complexity index is 720. The van der Waals surface area contributed by atoms with Gasteiger partial charge in [-0.15, -0.1) is 5.10 Å². The molecule has 10 heteroatoms. The lowest BCUT2D eigenvalue weighted by molar-refractivity contribution is 0.0978. The molecule has 0 fully saturated rings. The van der Waals surface area contributed by atoms with Gasteiger partial charge in [-0.2, -0.15) is 4.80 Å². The normalized spacial score (nSPS) is 10.4. The molecule has 2 aromatic rings. The van der Waals surface area contributed by atoms with Crippen molar-refractivity contribution < 1.29 is 4.79 Å². The van der Waals surface area contributed by atoms with Gasteiger partial charge in [-0.3, -0.25) is 15.4 Å². The Morgan fingerprint density at radius 3 is 2.91 bits per heavy atom. The van der Waals surface area contributed by atoms with Crippen molar-refractivity contribution in [2.45, 2.75) is 26.3 Å². The number of benzene rings is 1. The summed E-state index contributed by atoms with van der Waals surface area (Å²) in [6.45, 7) is 2.74. The molecule has 0 unspecified atom stereocenters. The van der Waals surface area contributed by atoms with Gasteiger partial charge in [-0.25, -0.2) is 0 Å². The van der Waals surface area contributed by atoms with Crippen molar-refractivity contribution >= 4 is 52.4 Å². The summed E-state index contributed by atoms with van der Waals surface area (Å²) >= 11 is 16.9. The van der Waals surface area contributed by atoms with E-state index in [1.54, 1.807) is 6.07 Å². The summed E-state index contributed by atoms with van der Waals surface area (Å²) in [6, 6.07) is 4.59. The van der Waals surface area contributed by atoms with Gasteiger partial charge in [0.05, 0.1) is 17.1 Å². The standard InChI is InChI=1S/C13H14Cl2N6OS/c1-2-3-6-21-19-12(18-20-21)17-13(23)16-11(22)9-7-8(14)4-5-10(9)15/h4-5,7H,2-3,6H2,1H3,(H2,16,17,19,22,23). The minimum absolute atomic E-state index is 0.0427. The molecular formula is C13H14Cl2N6OS. The minimum Gasteiger partial charge on any atom is -0.299 e. The van der Waals surface area contributed by atoms with Gasteiger partial charge in [0.25, 0.3) is 11.9 Å². The molecule has 0 aliphatic heterocycles. The zero-order valence-electron chi connectivity index (χ0n) is 12.2. The van der Waals surface area contributed by atoms with Crippen LogP contribution in [-0.4, -0.2) is 31.2 Å². The number of halogens is 2. The van der Waals surface area contributed by atoms with Gasteiger partial charge in [0.1, 0.15) is 0 Å². The van der Waals surface area contributed by atoms with Crippen LogP contribution in [0.5, 0.6) is 0 Å². The van der Waals surface area contributed by atoms with Gasteiger partial charge in [-0.1, -0.05) is 41.6 Å². The molecule has 1 heterocycles. The van der Waals surface area contributed by atoms with E-state index in [4.69, 9.17) is 35.4 Å². The van der Waals surface area contributed by atoms with E-state index in [1.165, 1.54) is 16.9 Å². The van der Waals surface area contributed by atoms with Crippen LogP contribution in [0, 0.1) is 0 Å². The number of unbranched alkanes of at least 4 members (excludes halogenated alkanes) is 1. The van der Waals surface area contributed by atoms with E-state index in [2.05, 4.69) is 33.0 Å². The minimum atomic E-state index is -0.478. The Labute approximate surface area is 148 Å². The van der Waals surface area contributed by atoms with Crippen LogP contribution >= 0.6 is 35.4 Å². The molecule has 0 radical (unpaired) electrons. The number of anilines is 1. The number of nitrogens with one attached hydrogen (secondary N) is 2. The SMILES string of the molecule is CCCCn1nnc(NC(=S)NC(=O)c2cc(Cl)ccc2Cl)n1. The summed E-state index contributed by atoms with van der Waals surface area (Å²) in [5, 5.41) is 17.7. The quantitative estimate of drug-likeness (QED) is 0.784. The van der Waals surface area contributed by atoms with Crippen molar-refractivity contribution in [1.29, 1.82) is 0 Å². The maximum atomic E-state index is 12.1. The van der Waals surface area contributed by atoms with Crippen LogP contribution in [0.2, 0.25) is 10.0 Å². The second-order valence-electron chi connectivity index (χ2n) is 4.59. The van der Waals surface area contributed by atoms with Crippen LogP contribution in [0.3, 0.4) is 0 Å². The van der Waals surface area contributed by atoms with Gasteiger partial charge >= 0.3 is 0 Å². The maximum Gasteiger partial charge on any atom is 0.269 e. The van der Waals surface area contributed by atoms with Crippen molar-refractivity contribution in [3.05, 3.63) is 33.8 Å². The van der Waals surface area contributed by atoms with Crippen LogP contribution in [0.25, 0.3) is 0 Å². The zero-order valence-corrected chi connectivity index (χ0v) is 14.5. The third kappa shape index (κ3) is 5.12. The molecule has 0 spiro atoms. The molecule has 7 nitrogen and oxygen atoms in total. The molecule has 122 valence electrons. The van der Waals surface area contributed by atoms with E-state index in [0.29, 0.717) is 11.6 Å². The molecule has 1 aromatic heterocycles. The third-order valence-electron chi connectivity index (χ3n) is 2.79. The average Bonchev–Trinajstić information content (AvgIpc) is 2.94. The number of thiocarbonyl (C=S) groups is 1. The third-order valence-corrected chi connectivity index (χ3v) is 3.56. The first-order valence-electron chi connectivity index (χ1n) is 6.84. The summed E-state index contributed by atoms with van der Waals surface area (Å²) in [7, 11) is 0. The summed E-state index contributed by atoms with van der Waals surface area (Å²) < 4.78 is 0. The molecular weight excluding hydrogens is 359 g/mol. The number of hydrogen-bond donors (Lipinski definition) is 2. The lowest BCUT2D eigenvalue weighted by Gasteiger charge is -2.08. The highest BCUT2D eigenvalue weighted by molar-refractivity contribution is 7.80. The predicted molar refractivity (Wildman–Crippen MR) is 92.9 cm³/mol. The lowest BCUT2D eigenvalue weighted by Crippen LogP contribution is -2.34. The monoisotopic (exact) mass is 372 g/mol. The Balaban J connectivity index is 1.95. The van der Waals surface area contributed by atoms with E-state index in [1.807, 2.05) is 0 Å². The largest absolute Gasteiger partial charge is 0.299 e. The lowest BCUT2D eigenvalue weighted by atomic mass is 10.2. The Morgan fingerprint density at radius 2 is 2.17 bits per heavy atom. The van der Waals surface area contributed by atoms with E-state index in [0.717, 1.165) is 12.8 Å². The highest BCUT2D eigenvalue weighted by atomic mass is 35.5. The number of aromatic nitrogens is 4. The number of hydrogen-bond acceptors (Lipinski definition) is 5. The number of tetrazole rings is 1. The summed E-state index contributed by atoms with van der Waals surface area (Å²) in [4.78, 5) is 13.6. The topological polar surface area (TPSA) is 84.7 Å². The molecule has 0 aliphatic rings. The fourth-order valence-electron chi connectivity index (χ4n) is 1.66. The molecule has 2 rings (SSSR count). The summed E-state index contributed by atoms with van der Waals surface area (Å²) in [5.41, 5.74) is 0.225. The second-order valence-corrected chi connectivity index (χ2v) is 5.85. The first-order chi connectivity index (χ1) is 11.0. The van der Waals surface area contributed by atoms with Gasteiger partial charge in [-0.05, 0) is 42.1 Å². The maximum absolute atomic E-state index is 12.1. The first-order valence-corrected chi connectivity index (χ1v) is 8.01. The van der Waals surface area contributed by atoms with Gasteiger partial charge < -0.3 is 0 Å². The van der Waals surface area contributed by atoms with Crippen molar-refractivity contribution in [1.82, 2.24) is 25.5 Å². The van der Waals surface area contributed by atoms with Gasteiger partial charge in [0.2, 0.25) is 0 Å². The number of nitrogens with zero attached hydrogens (tertiary/aromatic N) is 4. The van der Waals surface area contributed by atoms with Crippen molar-refractivity contribution in [2.24, 2.45) is 0 Å². The van der Waals surface area contributed by atoms with E-state index >= 15 is 0 Å². The van der Waals surface area contributed by atoms with E-state index in [9.17, 15) is 4.79 Å². The molecule has 0 atom stereocenters. The number of carbonyl (C=O) groups excluding carboxylic acids is 1. The van der Waals surface area contributed by atoms with Crippen LogP contribution in [0.15, 0.2) is 18.2 Å². The highest BCUT2D eigenvalue weighted by Crippen LogP contribution is 2.20. The van der Waals surface area contributed by atoms with Crippen LogP contribution in [0.4, 0.5) is 5.95 Å². The number of amides is 1. The molecule has 1 aromatic carbocycles.